The van der Waals surface area contributed by atoms with E-state index in [4.69, 9.17) is 11.6 Å². The molecular formula is C18H27ClN2. The van der Waals surface area contributed by atoms with Gasteiger partial charge in [-0.05, 0) is 62.3 Å². The molecule has 21 heavy (non-hydrogen) atoms. The molecule has 2 fully saturated rings. The molecule has 3 rings (SSSR count). The van der Waals surface area contributed by atoms with Gasteiger partial charge in [-0.3, -0.25) is 0 Å². The van der Waals surface area contributed by atoms with Crippen molar-refractivity contribution in [3.63, 3.8) is 0 Å². The van der Waals surface area contributed by atoms with Crippen LogP contribution in [0, 0.1) is 11.8 Å². The van der Waals surface area contributed by atoms with Crippen LogP contribution in [0.2, 0.25) is 5.02 Å². The van der Waals surface area contributed by atoms with Crippen molar-refractivity contribution in [1.82, 2.24) is 5.32 Å². The van der Waals surface area contributed by atoms with E-state index in [2.05, 4.69) is 42.3 Å². The maximum absolute atomic E-state index is 6.57. The van der Waals surface area contributed by atoms with E-state index in [9.17, 15) is 0 Å². The second-order valence-electron chi connectivity index (χ2n) is 6.74. The highest BCUT2D eigenvalue weighted by atomic mass is 35.5. The highest BCUT2D eigenvalue weighted by Gasteiger charge is 2.36. The topological polar surface area (TPSA) is 15.3 Å². The van der Waals surface area contributed by atoms with Crippen LogP contribution in [0.5, 0.6) is 0 Å². The summed E-state index contributed by atoms with van der Waals surface area (Å²) in [4.78, 5) is 2.50. The third kappa shape index (κ3) is 3.22. The highest BCUT2D eigenvalue weighted by molar-refractivity contribution is 6.33. The van der Waals surface area contributed by atoms with E-state index >= 15 is 0 Å². The number of nitrogens with one attached hydrogen (secondary N) is 1. The Labute approximate surface area is 133 Å². The van der Waals surface area contributed by atoms with Crippen LogP contribution in [0.25, 0.3) is 0 Å². The number of rotatable bonds is 5. The predicted molar refractivity (Wildman–Crippen MR) is 91.2 cm³/mol. The Balaban J connectivity index is 1.70. The fourth-order valence-corrected chi connectivity index (χ4v) is 4.27. The minimum Gasteiger partial charge on any atom is -0.370 e. The number of halogens is 1. The Morgan fingerprint density at radius 3 is 2.62 bits per heavy atom. The molecule has 0 radical (unpaired) electrons. The van der Waals surface area contributed by atoms with Gasteiger partial charge in [0.25, 0.3) is 0 Å². The first-order valence-electron chi connectivity index (χ1n) is 8.46. The molecular weight excluding hydrogens is 280 g/mol. The van der Waals surface area contributed by atoms with Gasteiger partial charge in [-0.2, -0.15) is 0 Å². The number of fused-ring (bicyclic) bond motifs is 1. The van der Waals surface area contributed by atoms with Gasteiger partial charge in [0, 0.05) is 19.1 Å². The molecule has 1 aromatic carbocycles. The Kier molecular flexibility index (Phi) is 4.75. The maximum atomic E-state index is 6.57. The summed E-state index contributed by atoms with van der Waals surface area (Å²) in [5.41, 5.74) is 2.52. The van der Waals surface area contributed by atoms with Crippen LogP contribution in [0.3, 0.4) is 0 Å². The lowest BCUT2D eigenvalue weighted by atomic mass is 10.0. The van der Waals surface area contributed by atoms with Crippen molar-refractivity contribution in [2.45, 2.75) is 45.6 Å². The predicted octanol–water partition coefficient (Wildman–Crippen LogP) is 4.64. The Hall–Kier alpha value is -0.730. The average molecular weight is 307 g/mol. The minimum atomic E-state index is 0.370. The van der Waals surface area contributed by atoms with Crippen LogP contribution in [0.15, 0.2) is 18.2 Å². The van der Waals surface area contributed by atoms with Crippen molar-refractivity contribution < 1.29 is 0 Å². The van der Waals surface area contributed by atoms with E-state index < -0.39 is 0 Å². The van der Waals surface area contributed by atoms with Crippen molar-refractivity contribution >= 4 is 17.3 Å². The molecule has 1 aliphatic heterocycles. The van der Waals surface area contributed by atoms with Crippen molar-refractivity contribution in [2.75, 3.05) is 24.5 Å². The first-order valence-corrected chi connectivity index (χ1v) is 8.84. The molecule has 0 bridgehead atoms. The van der Waals surface area contributed by atoms with Crippen molar-refractivity contribution in [2.24, 2.45) is 11.8 Å². The summed E-state index contributed by atoms with van der Waals surface area (Å²) in [5.74, 6) is 1.82. The summed E-state index contributed by atoms with van der Waals surface area (Å²) >= 11 is 6.57. The molecule has 2 nitrogen and oxygen atoms in total. The number of benzene rings is 1. The molecule has 1 saturated carbocycles. The van der Waals surface area contributed by atoms with Gasteiger partial charge in [0.2, 0.25) is 0 Å². The van der Waals surface area contributed by atoms with E-state index in [1.54, 1.807) is 0 Å². The summed E-state index contributed by atoms with van der Waals surface area (Å²) in [7, 11) is 0. The second kappa shape index (κ2) is 6.58. The zero-order valence-corrected chi connectivity index (χ0v) is 14.0. The molecule has 1 aliphatic carbocycles. The lowest BCUT2D eigenvalue weighted by molar-refractivity contribution is 0.494. The van der Waals surface area contributed by atoms with Crippen molar-refractivity contribution in [3.8, 4) is 0 Å². The first-order chi connectivity index (χ1) is 10.2. The van der Waals surface area contributed by atoms with Gasteiger partial charge >= 0.3 is 0 Å². The van der Waals surface area contributed by atoms with Crippen LogP contribution in [-0.2, 0) is 0 Å². The lowest BCUT2D eigenvalue weighted by Crippen LogP contribution is -2.22. The summed E-state index contributed by atoms with van der Waals surface area (Å²) < 4.78 is 0. The SMILES string of the molecule is CCCNC(C)c1ccc(N2CC3CCCC3C2)c(Cl)c1. The molecule has 3 unspecified atom stereocenters. The largest absolute Gasteiger partial charge is 0.370 e. The van der Waals surface area contributed by atoms with Gasteiger partial charge in [-0.1, -0.05) is 31.0 Å². The number of hydrogen-bond acceptors (Lipinski definition) is 2. The Bertz CT molecular complexity index is 476. The normalized spacial score (nSPS) is 26.1. The molecule has 2 aliphatic rings. The van der Waals surface area contributed by atoms with Crippen LogP contribution < -0.4 is 10.2 Å². The van der Waals surface area contributed by atoms with Gasteiger partial charge in [-0.25, -0.2) is 0 Å². The quantitative estimate of drug-likeness (QED) is 0.852. The van der Waals surface area contributed by atoms with E-state index in [1.165, 1.54) is 43.6 Å². The fraction of sp³-hybridized carbons (Fsp3) is 0.667. The smallest absolute Gasteiger partial charge is 0.0642 e. The Morgan fingerprint density at radius 2 is 2.00 bits per heavy atom. The summed E-state index contributed by atoms with van der Waals surface area (Å²) in [6, 6.07) is 6.98. The minimum absolute atomic E-state index is 0.370. The number of hydrogen-bond donors (Lipinski definition) is 1. The van der Waals surface area contributed by atoms with Crippen LogP contribution >= 0.6 is 11.6 Å². The maximum Gasteiger partial charge on any atom is 0.0642 e. The van der Waals surface area contributed by atoms with Crippen LogP contribution in [0.4, 0.5) is 5.69 Å². The molecule has 3 atom stereocenters. The fourth-order valence-electron chi connectivity index (χ4n) is 3.96. The zero-order chi connectivity index (χ0) is 14.8. The van der Waals surface area contributed by atoms with Crippen molar-refractivity contribution in [3.05, 3.63) is 28.8 Å². The van der Waals surface area contributed by atoms with Crippen molar-refractivity contribution in [1.29, 1.82) is 0 Å². The Morgan fingerprint density at radius 1 is 1.29 bits per heavy atom. The molecule has 0 spiro atoms. The second-order valence-corrected chi connectivity index (χ2v) is 7.15. The van der Waals surface area contributed by atoms with Gasteiger partial charge in [0.15, 0.2) is 0 Å². The van der Waals surface area contributed by atoms with E-state index in [-0.39, 0.29) is 0 Å². The number of nitrogens with zero attached hydrogens (tertiary/aromatic N) is 1. The molecule has 1 aromatic rings. The molecule has 1 N–H and O–H groups in total. The molecule has 1 saturated heterocycles. The molecule has 1 heterocycles. The third-order valence-corrected chi connectivity index (χ3v) is 5.54. The highest BCUT2D eigenvalue weighted by Crippen LogP contribution is 2.41. The third-order valence-electron chi connectivity index (χ3n) is 5.24. The summed E-state index contributed by atoms with van der Waals surface area (Å²) in [5, 5.41) is 4.44. The van der Waals surface area contributed by atoms with Crippen LogP contribution in [-0.4, -0.2) is 19.6 Å². The van der Waals surface area contributed by atoms with Gasteiger partial charge in [0.1, 0.15) is 0 Å². The van der Waals surface area contributed by atoms with Crippen LogP contribution in [0.1, 0.15) is 51.1 Å². The molecule has 0 aromatic heterocycles. The van der Waals surface area contributed by atoms with E-state index in [1.807, 2.05) is 0 Å². The lowest BCUT2D eigenvalue weighted by Gasteiger charge is -2.22. The summed E-state index contributed by atoms with van der Waals surface area (Å²) in [6.07, 6.45) is 5.41. The van der Waals surface area contributed by atoms with E-state index in [0.29, 0.717) is 6.04 Å². The average Bonchev–Trinajstić information content (AvgIpc) is 3.05. The van der Waals surface area contributed by atoms with E-state index in [0.717, 1.165) is 29.8 Å². The van der Waals surface area contributed by atoms with Gasteiger partial charge in [0.05, 0.1) is 10.7 Å². The monoisotopic (exact) mass is 306 g/mol. The molecule has 116 valence electrons. The first kappa shape index (κ1) is 15.2. The molecule has 3 heteroatoms. The number of anilines is 1. The van der Waals surface area contributed by atoms with Gasteiger partial charge in [-0.15, -0.1) is 0 Å². The summed E-state index contributed by atoms with van der Waals surface area (Å²) in [6.45, 7) is 7.86. The zero-order valence-electron chi connectivity index (χ0n) is 13.2. The standard InChI is InChI=1S/C18H27ClN2/c1-3-9-20-13(2)14-7-8-18(17(19)10-14)21-11-15-5-4-6-16(15)12-21/h7-8,10,13,15-16,20H,3-6,9,11-12H2,1-2H3. The van der Waals surface area contributed by atoms with Gasteiger partial charge < -0.3 is 10.2 Å². The molecule has 0 amide bonds.